The fraction of sp³-hybridized carbons (Fsp3) is 0.273. The third-order valence-electron chi connectivity index (χ3n) is 2.44. The Kier molecular flexibility index (Phi) is 3.82. The van der Waals surface area contributed by atoms with Crippen molar-refractivity contribution in [2.75, 3.05) is 5.32 Å². The van der Waals surface area contributed by atoms with E-state index in [-0.39, 0.29) is 5.56 Å². The van der Waals surface area contributed by atoms with Crippen LogP contribution in [0.25, 0.3) is 0 Å². The van der Waals surface area contributed by atoms with E-state index in [4.69, 9.17) is 0 Å². The van der Waals surface area contributed by atoms with Crippen molar-refractivity contribution in [2.24, 2.45) is 0 Å². The molecule has 2 N–H and O–H groups in total. The van der Waals surface area contributed by atoms with Gasteiger partial charge >= 0.3 is 0 Å². The van der Waals surface area contributed by atoms with Gasteiger partial charge in [0.1, 0.15) is 9.39 Å². The second-order valence-corrected chi connectivity index (χ2v) is 6.12. The highest BCUT2D eigenvalue weighted by Crippen LogP contribution is 2.21. The van der Waals surface area contributed by atoms with E-state index in [9.17, 15) is 4.79 Å². The zero-order valence-corrected chi connectivity index (χ0v) is 12.5. The average molecular weight is 361 g/mol. The van der Waals surface area contributed by atoms with Crippen LogP contribution in [-0.2, 0) is 6.54 Å². The summed E-state index contributed by atoms with van der Waals surface area (Å²) in [5, 5.41) is 3.18. The van der Waals surface area contributed by atoms with Crippen molar-refractivity contribution in [3.05, 3.63) is 41.6 Å². The smallest absolute Gasteiger partial charge is 0.266 e. The van der Waals surface area contributed by atoms with Crippen LogP contribution < -0.4 is 10.9 Å². The highest BCUT2D eigenvalue weighted by Gasteiger charge is 2.06. The Labute approximate surface area is 117 Å². The van der Waals surface area contributed by atoms with Gasteiger partial charge in [0.05, 0.1) is 12.9 Å². The number of nitrogens with one attached hydrogen (secondary N) is 2. The largest absolute Gasteiger partial charge is 0.364 e. The molecular formula is C11H12IN3OS. The number of aromatic nitrogens is 2. The molecule has 2 rings (SSSR count). The maximum atomic E-state index is 11.4. The van der Waals surface area contributed by atoms with E-state index >= 15 is 0 Å². The number of H-pyrrole nitrogens is 1. The van der Waals surface area contributed by atoms with Crippen molar-refractivity contribution in [1.29, 1.82) is 0 Å². The standard InChI is InChI=1S/C11H12IN3OS/c1-6-3-8(17-7(6)2)4-13-10-9(12)11(16)15-5-14-10/h3,5H,4H2,1-2H3,(H2,13,14,15,16). The third kappa shape index (κ3) is 2.86. The summed E-state index contributed by atoms with van der Waals surface area (Å²) in [5.74, 6) is 0.637. The second-order valence-electron chi connectivity index (χ2n) is 3.70. The fourth-order valence-corrected chi connectivity index (χ4v) is 2.89. The lowest BCUT2D eigenvalue weighted by Crippen LogP contribution is -2.14. The van der Waals surface area contributed by atoms with Crippen LogP contribution in [0, 0.1) is 17.4 Å². The van der Waals surface area contributed by atoms with Gasteiger partial charge < -0.3 is 10.3 Å². The minimum absolute atomic E-state index is 0.110. The lowest BCUT2D eigenvalue weighted by Gasteiger charge is -2.04. The van der Waals surface area contributed by atoms with Crippen LogP contribution in [0.2, 0.25) is 0 Å². The van der Waals surface area contributed by atoms with Gasteiger partial charge in [-0.2, -0.15) is 0 Å². The molecule has 6 heteroatoms. The van der Waals surface area contributed by atoms with E-state index in [1.807, 2.05) is 22.6 Å². The normalized spacial score (nSPS) is 10.5. The average Bonchev–Trinajstić information content (AvgIpc) is 2.61. The van der Waals surface area contributed by atoms with Crippen molar-refractivity contribution in [3.63, 3.8) is 0 Å². The van der Waals surface area contributed by atoms with E-state index < -0.39 is 0 Å². The van der Waals surface area contributed by atoms with Crippen LogP contribution in [0.15, 0.2) is 17.2 Å². The van der Waals surface area contributed by atoms with E-state index in [1.54, 1.807) is 11.3 Å². The van der Waals surface area contributed by atoms with Crippen molar-refractivity contribution < 1.29 is 0 Å². The van der Waals surface area contributed by atoms with Crippen LogP contribution >= 0.6 is 33.9 Å². The molecule has 4 nitrogen and oxygen atoms in total. The molecule has 17 heavy (non-hydrogen) atoms. The molecule has 2 aromatic rings. The minimum Gasteiger partial charge on any atom is -0.364 e. The molecule has 0 fully saturated rings. The van der Waals surface area contributed by atoms with Crippen molar-refractivity contribution >= 4 is 39.7 Å². The summed E-state index contributed by atoms with van der Waals surface area (Å²) in [6, 6.07) is 2.16. The first kappa shape index (κ1) is 12.6. The summed E-state index contributed by atoms with van der Waals surface area (Å²) < 4.78 is 0.593. The molecule has 0 amide bonds. The number of anilines is 1. The molecule has 2 aromatic heterocycles. The van der Waals surface area contributed by atoms with Crippen LogP contribution in [0.3, 0.4) is 0 Å². The van der Waals surface area contributed by atoms with Gasteiger partial charge in [-0.1, -0.05) is 0 Å². The number of aryl methyl sites for hydroxylation is 2. The molecule has 0 unspecified atom stereocenters. The SMILES string of the molecule is Cc1cc(CNc2nc[nH]c(=O)c2I)sc1C. The summed E-state index contributed by atoms with van der Waals surface area (Å²) >= 11 is 3.76. The predicted molar refractivity (Wildman–Crippen MR) is 78.7 cm³/mol. The van der Waals surface area contributed by atoms with E-state index in [0.29, 0.717) is 15.9 Å². The Morgan fingerprint density at radius 1 is 1.53 bits per heavy atom. The number of nitrogens with zero attached hydrogens (tertiary/aromatic N) is 1. The first-order chi connectivity index (χ1) is 8.08. The van der Waals surface area contributed by atoms with Gasteiger partial charge in [-0.15, -0.1) is 11.3 Å². The second kappa shape index (κ2) is 5.18. The summed E-state index contributed by atoms with van der Waals surface area (Å²) in [5.41, 5.74) is 1.20. The Balaban J connectivity index is 2.12. The molecular weight excluding hydrogens is 349 g/mol. The number of thiophene rings is 1. The minimum atomic E-state index is -0.110. The number of hydrogen-bond acceptors (Lipinski definition) is 4. The van der Waals surface area contributed by atoms with Gasteiger partial charge in [0.2, 0.25) is 0 Å². The van der Waals surface area contributed by atoms with Crippen molar-refractivity contribution in [1.82, 2.24) is 9.97 Å². The molecule has 2 heterocycles. The molecule has 0 saturated carbocycles. The highest BCUT2D eigenvalue weighted by molar-refractivity contribution is 14.1. The van der Waals surface area contributed by atoms with Gasteiger partial charge in [-0.25, -0.2) is 4.98 Å². The molecule has 0 radical (unpaired) electrons. The van der Waals surface area contributed by atoms with Gasteiger partial charge in [-0.3, -0.25) is 4.79 Å². The molecule has 90 valence electrons. The number of rotatable bonds is 3. The van der Waals surface area contributed by atoms with Gasteiger partial charge in [0.15, 0.2) is 0 Å². The Hall–Kier alpha value is -0.890. The summed E-state index contributed by atoms with van der Waals surface area (Å²) in [7, 11) is 0. The number of hydrogen-bond donors (Lipinski definition) is 2. The molecule has 0 atom stereocenters. The van der Waals surface area contributed by atoms with Gasteiger partial charge in [-0.05, 0) is 48.1 Å². The Bertz CT molecular complexity index is 571. The zero-order valence-electron chi connectivity index (χ0n) is 9.50. The van der Waals surface area contributed by atoms with E-state index in [0.717, 1.165) is 0 Å². The topological polar surface area (TPSA) is 57.8 Å². The molecule has 0 aliphatic carbocycles. The molecule has 0 spiro atoms. The van der Waals surface area contributed by atoms with Crippen LogP contribution in [-0.4, -0.2) is 9.97 Å². The zero-order chi connectivity index (χ0) is 12.4. The lowest BCUT2D eigenvalue weighted by atomic mass is 10.3. The van der Waals surface area contributed by atoms with Crippen molar-refractivity contribution in [3.8, 4) is 0 Å². The van der Waals surface area contributed by atoms with Gasteiger partial charge in [0, 0.05) is 9.75 Å². The van der Waals surface area contributed by atoms with Crippen LogP contribution in [0.5, 0.6) is 0 Å². The Morgan fingerprint density at radius 3 is 2.94 bits per heavy atom. The summed E-state index contributed by atoms with van der Waals surface area (Å²) in [4.78, 5) is 20.6. The molecule has 0 aromatic carbocycles. The quantitative estimate of drug-likeness (QED) is 0.827. The van der Waals surface area contributed by atoms with Gasteiger partial charge in [0.25, 0.3) is 5.56 Å². The van der Waals surface area contributed by atoms with Crippen LogP contribution in [0.4, 0.5) is 5.82 Å². The van der Waals surface area contributed by atoms with E-state index in [2.05, 4.69) is 35.2 Å². The fourth-order valence-electron chi connectivity index (χ4n) is 1.41. The van der Waals surface area contributed by atoms with Crippen LogP contribution in [0.1, 0.15) is 15.3 Å². The summed E-state index contributed by atoms with van der Waals surface area (Å²) in [6.07, 6.45) is 1.41. The maximum absolute atomic E-state index is 11.4. The lowest BCUT2D eigenvalue weighted by molar-refractivity contribution is 1.06. The van der Waals surface area contributed by atoms with E-state index in [1.165, 1.54) is 21.6 Å². The monoisotopic (exact) mass is 361 g/mol. The first-order valence-electron chi connectivity index (χ1n) is 5.11. The third-order valence-corrected chi connectivity index (χ3v) is 4.60. The number of halogens is 1. The first-order valence-corrected chi connectivity index (χ1v) is 7.00. The summed E-state index contributed by atoms with van der Waals surface area (Å²) in [6.45, 7) is 4.91. The molecule has 0 aliphatic heterocycles. The predicted octanol–water partition coefficient (Wildman–Crippen LogP) is 2.66. The highest BCUT2D eigenvalue weighted by atomic mass is 127. The van der Waals surface area contributed by atoms with Crippen molar-refractivity contribution in [2.45, 2.75) is 20.4 Å². The maximum Gasteiger partial charge on any atom is 0.266 e. The Morgan fingerprint density at radius 2 is 2.29 bits per heavy atom. The number of aromatic amines is 1. The molecule has 0 aliphatic rings. The molecule has 0 bridgehead atoms. The molecule has 0 saturated heterocycles.